The van der Waals surface area contributed by atoms with Crippen molar-refractivity contribution < 1.29 is 9.21 Å². The topological polar surface area (TPSA) is 49.6 Å². The van der Waals surface area contributed by atoms with Crippen LogP contribution >= 0.6 is 11.8 Å². The normalized spacial score (nSPS) is 23.5. The number of likely N-dealkylation sites (tertiary alicyclic amines) is 1. The number of fused-ring (bicyclic) bond motifs is 1. The van der Waals surface area contributed by atoms with E-state index in [1.807, 2.05) is 36.0 Å². The molecule has 6 heteroatoms. The number of benzene rings is 1. The molecule has 1 amide bonds. The van der Waals surface area contributed by atoms with E-state index in [0.717, 1.165) is 55.6 Å². The van der Waals surface area contributed by atoms with Gasteiger partial charge in [0, 0.05) is 29.6 Å². The van der Waals surface area contributed by atoms with Crippen molar-refractivity contribution in [1.82, 2.24) is 9.88 Å². The lowest BCUT2D eigenvalue weighted by Crippen LogP contribution is -2.52. The minimum absolute atomic E-state index is 0.145. The highest BCUT2D eigenvalue weighted by molar-refractivity contribution is 8.00. The maximum atomic E-state index is 13.5. The number of hydrogen-bond donors (Lipinski definition) is 0. The minimum Gasteiger partial charge on any atom is -0.423 e. The summed E-state index contributed by atoms with van der Waals surface area (Å²) in [5, 5.41) is 0. The van der Waals surface area contributed by atoms with E-state index < -0.39 is 0 Å². The standard InChI is InChI=1S/C22H31N3O2S/c1-22(2,3)28-15-16-9-6-7-13-24(16)20(26)18-11-8-14-25(18)21-23-17-10-4-5-12-19(17)27-21/h4-5,10,12,16,18H,6-9,11,13-15H2,1-3H3. The highest BCUT2D eigenvalue weighted by Crippen LogP contribution is 2.32. The zero-order valence-corrected chi connectivity index (χ0v) is 18.0. The van der Waals surface area contributed by atoms with Crippen molar-refractivity contribution in [2.45, 2.75) is 69.7 Å². The Morgan fingerprint density at radius 3 is 2.79 bits per heavy atom. The second kappa shape index (κ2) is 7.97. The Balaban J connectivity index is 1.51. The maximum absolute atomic E-state index is 13.5. The summed E-state index contributed by atoms with van der Waals surface area (Å²) < 4.78 is 6.20. The van der Waals surface area contributed by atoms with Gasteiger partial charge in [-0.15, -0.1) is 0 Å². The summed E-state index contributed by atoms with van der Waals surface area (Å²) in [6.45, 7) is 8.46. The zero-order chi connectivity index (χ0) is 19.7. The Hall–Kier alpha value is -1.69. The predicted molar refractivity (Wildman–Crippen MR) is 116 cm³/mol. The number of hydrogen-bond acceptors (Lipinski definition) is 5. The summed E-state index contributed by atoms with van der Waals surface area (Å²) in [7, 11) is 0. The molecule has 2 aliphatic heterocycles. The van der Waals surface area contributed by atoms with Gasteiger partial charge in [0.25, 0.3) is 6.01 Å². The van der Waals surface area contributed by atoms with Gasteiger partial charge in [-0.2, -0.15) is 16.7 Å². The largest absolute Gasteiger partial charge is 0.423 e. The molecule has 2 unspecified atom stereocenters. The van der Waals surface area contributed by atoms with Crippen molar-refractivity contribution in [2.75, 3.05) is 23.7 Å². The van der Waals surface area contributed by atoms with E-state index in [0.29, 0.717) is 12.1 Å². The van der Waals surface area contributed by atoms with Gasteiger partial charge < -0.3 is 14.2 Å². The molecule has 28 heavy (non-hydrogen) atoms. The molecule has 0 radical (unpaired) electrons. The summed E-state index contributed by atoms with van der Waals surface area (Å²) in [6.07, 6.45) is 5.33. The van der Waals surface area contributed by atoms with Crippen LogP contribution in [0.5, 0.6) is 0 Å². The molecule has 2 fully saturated rings. The predicted octanol–water partition coefficient (Wildman–Crippen LogP) is 4.71. The third-order valence-corrected chi connectivity index (χ3v) is 7.10. The Labute approximate surface area is 171 Å². The summed E-state index contributed by atoms with van der Waals surface area (Å²) in [4.78, 5) is 22.4. The van der Waals surface area contributed by atoms with Gasteiger partial charge in [0.05, 0.1) is 0 Å². The lowest BCUT2D eigenvalue weighted by Gasteiger charge is -2.39. The molecule has 2 aromatic rings. The average molecular weight is 402 g/mol. The van der Waals surface area contributed by atoms with E-state index in [1.54, 1.807) is 0 Å². The summed E-state index contributed by atoms with van der Waals surface area (Å²) in [5.74, 6) is 1.28. The van der Waals surface area contributed by atoms with Crippen LogP contribution in [0.4, 0.5) is 6.01 Å². The second-order valence-corrected chi connectivity index (χ2v) is 10.8. The van der Waals surface area contributed by atoms with Crippen molar-refractivity contribution in [3.8, 4) is 0 Å². The third-order valence-electron chi connectivity index (χ3n) is 5.69. The third kappa shape index (κ3) is 4.17. The molecule has 1 aromatic heterocycles. The fourth-order valence-electron chi connectivity index (χ4n) is 4.24. The van der Waals surface area contributed by atoms with Gasteiger partial charge in [-0.05, 0) is 44.2 Å². The molecule has 0 aliphatic carbocycles. The molecule has 152 valence electrons. The lowest BCUT2D eigenvalue weighted by molar-refractivity contribution is -0.135. The fraction of sp³-hybridized carbons (Fsp3) is 0.636. The first-order chi connectivity index (χ1) is 13.4. The number of carbonyl (C=O) groups is 1. The van der Waals surface area contributed by atoms with Crippen LogP contribution in [0.15, 0.2) is 28.7 Å². The van der Waals surface area contributed by atoms with Crippen LogP contribution in [-0.4, -0.2) is 51.5 Å². The molecular weight excluding hydrogens is 370 g/mol. The van der Waals surface area contributed by atoms with Gasteiger partial charge in [-0.1, -0.05) is 32.9 Å². The van der Waals surface area contributed by atoms with Crippen LogP contribution in [0.2, 0.25) is 0 Å². The van der Waals surface area contributed by atoms with Crippen molar-refractivity contribution in [3.63, 3.8) is 0 Å². The Kier molecular flexibility index (Phi) is 5.59. The van der Waals surface area contributed by atoms with Crippen molar-refractivity contribution in [1.29, 1.82) is 0 Å². The fourth-order valence-corrected chi connectivity index (χ4v) is 5.28. The number of aromatic nitrogens is 1. The van der Waals surface area contributed by atoms with Crippen LogP contribution in [0.3, 0.4) is 0 Å². The van der Waals surface area contributed by atoms with Gasteiger partial charge in [0.2, 0.25) is 5.91 Å². The quantitative estimate of drug-likeness (QED) is 0.743. The first-order valence-corrected chi connectivity index (χ1v) is 11.5. The number of oxazole rings is 1. The molecule has 2 atom stereocenters. The number of nitrogens with zero attached hydrogens (tertiary/aromatic N) is 3. The first-order valence-electron chi connectivity index (χ1n) is 10.5. The number of thioether (sulfide) groups is 1. The summed E-state index contributed by atoms with van der Waals surface area (Å²) >= 11 is 1.97. The molecule has 1 aromatic carbocycles. The molecule has 5 nitrogen and oxygen atoms in total. The second-order valence-electron chi connectivity index (χ2n) is 8.92. The highest BCUT2D eigenvalue weighted by Gasteiger charge is 2.39. The Morgan fingerprint density at radius 1 is 1.18 bits per heavy atom. The van der Waals surface area contributed by atoms with Gasteiger partial charge in [-0.3, -0.25) is 4.79 Å². The van der Waals surface area contributed by atoms with Gasteiger partial charge in [0.1, 0.15) is 11.6 Å². The van der Waals surface area contributed by atoms with E-state index >= 15 is 0 Å². The van der Waals surface area contributed by atoms with Crippen molar-refractivity contribution in [3.05, 3.63) is 24.3 Å². The van der Waals surface area contributed by atoms with E-state index in [2.05, 4.69) is 35.6 Å². The van der Waals surface area contributed by atoms with Crippen LogP contribution in [-0.2, 0) is 4.79 Å². The maximum Gasteiger partial charge on any atom is 0.299 e. The lowest BCUT2D eigenvalue weighted by atomic mass is 10.0. The highest BCUT2D eigenvalue weighted by atomic mass is 32.2. The van der Waals surface area contributed by atoms with Gasteiger partial charge in [0.15, 0.2) is 5.58 Å². The van der Waals surface area contributed by atoms with Gasteiger partial charge >= 0.3 is 0 Å². The van der Waals surface area contributed by atoms with Crippen molar-refractivity contribution in [2.24, 2.45) is 0 Å². The van der Waals surface area contributed by atoms with E-state index in [1.165, 1.54) is 6.42 Å². The number of piperidine rings is 1. The average Bonchev–Trinajstić information content (AvgIpc) is 3.32. The van der Waals surface area contributed by atoms with E-state index in [-0.39, 0.29) is 16.7 Å². The number of amides is 1. The van der Waals surface area contributed by atoms with E-state index in [9.17, 15) is 4.79 Å². The van der Waals surface area contributed by atoms with Crippen LogP contribution < -0.4 is 4.90 Å². The van der Waals surface area contributed by atoms with Crippen LogP contribution in [0.1, 0.15) is 52.9 Å². The monoisotopic (exact) mass is 401 g/mol. The number of carbonyl (C=O) groups excluding carboxylic acids is 1. The Morgan fingerprint density at radius 2 is 2.00 bits per heavy atom. The Bertz CT molecular complexity index is 796. The van der Waals surface area contributed by atoms with E-state index in [4.69, 9.17) is 4.42 Å². The van der Waals surface area contributed by atoms with Crippen LogP contribution in [0, 0.1) is 0 Å². The van der Waals surface area contributed by atoms with Crippen LogP contribution in [0.25, 0.3) is 11.1 Å². The number of anilines is 1. The SMILES string of the molecule is CC(C)(C)SCC1CCCCN1C(=O)C1CCCN1c1nc2ccccc2o1. The molecule has 0 bridgehead atoms. The molecular formula is C22H31N3O2S. The molecule has 0 spiro atoms. The molecule has 2 aliphatic rings. The molecule has 0 saturated carbocycles. The molecule has 2 saturated heterocycles. The smallest absolute Gasteiger partial charge is 0.299 e. The minimum atomic E-state index is -0.145. The molecule has 4 rings (SSSR count). The zero-order valence-electron chi connectivity index (χ0n) is 17.2. The van der Waals surface area contributed by atoms with Gasteiger partial charge in [-0.25, -0.2) is 0 Å². The summed E-state index contributed by atoms with van der Waals surface area (Å²) in [6, 6.07) is 8.60. The molecule has 0 N–H and O–H groups in total. The number of rotatable bonds is 4. The first kappa shape index (κ1) is 19.6. The summed E-state index contributed by atoms with van der Waals surface area (Å²) in [5.41, 5.74) is 1.64. The van der Waals surface area contributed by atoms with Crippen molar-refractivity contribution >= 4 is 34.8 Å². The number of para-hydroxylation sites is 2. The molecule has 3 heterocycles.